The molecule has 0 saturated carbocycles. The van der Waals surface area contributed by atoms with Gasteiger partial charge in [-0.25, -0.2) is 8.42 Å². The predicted octanol–water partition coefficient (Wildman–Crippen LogP) is 2.15. The van der Waals surface area contributed by atoms with Crippen molar-refractivity contribution in [3.05, 3.63) is 59.2 Å². The van der Waals surface area contributed by atoms with Gasteiger partial charge in [-0.05, 0) is 49.2 Å². The number of benzene rings is 2. The molecule has 0 bridgehead atoms. The van der Waals surface area contributed by atoms with E-state index in [1.165, 1.54) is 6.07 Å². The fourth-order valence-corrected chi connectivity index (χ4v) is 4.31. The number of piperazine rings is 1. The number of anilines is 1. The van der Waals surface area contributed by atoms with Crippen LogP contribution in [0.15, 0.2) is 47.4 Å². The van der Waals surface area contributed by atoms with Crippen LogP contribution < -0.4 is 10.0 Å². The lowest BCUT2D eigenvalue weighted by molar-refractivity contribution is 0.0735. The van der Waals surface area contributed by atoms with E-state index in [2.05, 4.69) is 10.0 Å². The number of hydrogen-bond donors (Lipinski definition) is 2. The first-order chi connectivity index (χ1) is 12.4. The predicted molar refractivity (Wildman–Crippen MR) is 102 cm³/mol. The Kier molecular flexibility index (Phi) is 5.29. The largest absolute Gasteiger partial charge is 0.336 e. The van der Waals surface area contributed by atoms with E-state index in [0.29, 0.717) is 29.9 Å². The first-order valence-corrected chi connectivity index (χ1v) is 10.1. The number of carbonyl (C=O) groups is 1. The van der Waals surface area contributed by atoms with E-state index in [1.807, 2.05) is 13.0 Å². The molecule has 1 amide bonds. The molecule has 0 aliphatic carbocycles. The lowest BCUT2D eigenvalue weighted by atomic mass is 10.1. The number of carbonyl (C=O) groups excluding carboxylic acids is 1. The van der Waals surface area contributed by atoms with E-state index in [9.17, 15) is 13.2 Å². The van der Waals surface area contributed by atoms with Gasteiger partial charge >= 0.3 is 0 Å². The fourth-order valence-electron chi connectivity index (χ4n) is 2.99. The molecule has 1 aliphatic heterocycles. The van der Waals surface area contributed by atoms with Gasteiger partial charge in [-0.2, -0.15) is 0 Å². The van der Waals surface area contributed by atoms with Crippen LogP contribution in [-0.2, 0) is 10.0 Å². The summed E-state index contributed by atoms with van der Waals surface area (Å²) in [5.41, 5.74) is 2.46. The second kappa shape index (κ2) is 7.47. The Morgan fingerprint density at radius 2 is 1.81 bits per heavy atom. The molecule has 138 valence electrons. The average molecular weight is 373 g/mol. The summed E-state index contributed by atoms with van der Waals surface area (Å²) in [6.07, 6.45) is 0. The number of aryl methyl sites for hydroxylation is 2. The summed E-state index contributed by atoms with van der Waals surface area (Å²) in [5, 5.41) is 3.20. The molecule has 1 aliphatic rings. The van der Waals surface area contributed by atoms with Crippen molar-refractivity contribution in [1.82, 2.24) is 10.2 Å². The highest BCUT2D eigenvalue weighted by Gasteiger charge is 2.22. The molecule has 0 aromatic heterocycles. The van der Waals surface area contributed by atoms with E-state index >= 15 is 0 Å². The van der Waals surface area contributed by atoms with Gasteiger partial charge in [-0.1, -0.05) is 18.2 Å². The van der Waals surface area contributed by atoms with Crippen LogP contribution in [0.25, 0.3) is 0 Å². The molecular weight excluding hydrogens is 350 g/mol. The van der Waals surface area contributed by atoms with Gasteiger partial charge in [0.05, 0.1) is 4.90 Å². The van der Waals surface area contributed by atoms with E-state index in [-0.39, 0.29) is 10.8 Å². The summed E-state index contributed by atoms with van der Waals surface area (Å²) in [6, 6.07) is 12.0. The molecule has 1 heterocycles. The third kappa shape index (κ3) is 4.05. The summed E-state index contributed by atoms with van der Waals surface area (Å²) < 4.78 is 28.3. The summed E-state index contributed by atoms with van der Waals surface area (Å²) in [4.78, 5) is 14.5. The fraction of sp³-hybridized carbons (Fsp3) is 0.316. The minimum Gasteiger partial charge on any atom is -0.336 e. The Bertz CT molecular complexity index is 919. The van der Waals surface area contributed by atoms with Crippen molar-refractivity contribution in [1.29, 1.82) is 0 Å². The Balaban J connectivity index is 1.90. The first-order valence-electron chi connectivity index (χ1n) is 8.57. The Hall–Kier alpha value is -2.38. The van der Waals surface area contributed by atoms with Crippen LogP contribution in [0.2, 0.25) is 0 Å². The smallest absolute Gasteiger partial charge is 0.262 e. The van der Waals surface area contributed by atoms with Crippen LogP contribution in [0.1, 0.15) is 21.5 Å². The summed E-state index contributed by atoms with van der Waals surface area (Å²) >= 11 is 0. The molecule has 0 atom stereocenters. The molecule has 0 radical (unpaired) electrons. The normalized spacial score (nSPS) is 14.9. The molecule has 3 rings (SSSR count). The third-order valence-corrected chi connectivity index (χ3v) is 5.92. The van der Waals surface area contributed by atoms with Gasteiger partial charge in [0.15, 0.2) is 0 Å². The molecule has 6 nitrogen and oxygen atoms in total. The number of hydrogen-bond acceptors (Lipinski definition) is 4. The molecule has 1 fully saturated rings. The van der Waals surface area contributed by atoms with Gasteiger partial charge in [0, 0.05) is 37.4 Å². The second-order valence-electron chi connectivity index (χ2n) is 6.50. The van der Waals surface area contributed by atoms with Crippen molar-refractivity contribution in [3.8, 4) is 0 Å². The number of nitrogens with zero attached hydrogens (tertiary/aromatic N) is 1. The number of rotatable bonds is 4. The molecule has 2 N–H and O–H groups in total. The zero-order valence-corrected chi connectivity index (χ0v) is 15.8. The van der Waals surface area contributed by atoms with Crippen LogP contribution in [0.3, 0.4) is 0 Å². The molecule has 26 heavy (non-hydrogen) atoms. The number of amides is 1. The van der Waals surface area contributed by atoms with Gasteiger partial charge in [0.2, 0.25) is 0 Å². The van der Waals surface area contributed by atoms with Gasteiger partial charge in [0.1, 0.15) is 0 Å². The molecule has 0 spiro atoms. The molecule has 0 unspecified atom stereocenters. The maximum Gasteiger partial charge on any atom is 0.262 e. The minimum atomic E-state index is -3.78. The SMILES string of the molecule is Cc1cccc(NS(=O)(=O)c2cc(C(=O)N3CCNCC3)ccc2C)c1. The van der Waals surface area contributed by atoms with Crippen LogP contribution in [0, 0.1) is 13.8 Å². The molecule has 2 aromatic carbocycles. The average Bonchev–Trinajstić information content (AvgIpc) is 2.62. The Morgan fingerprint density at radius 3 is 2.50 bits per heavy atom. The lowest BCUT2D eigenvalue weighted by Crippen LogP contribution is -2.46. The summed E-state index contributed by atoms with van der Waals surface area (Å²) in [5.74, 6) is -0.140. The van der Waals surface area contributed by atoms with Crippen molar-refractivity contribution in [2.24, 2.45) is 0 Å². The highest BCUT2D eigenvalue weighted by molar-refractivity contribution is 7.92. The zero-order chi connectivity index (χ0) is 18.7. The number of sulfonamides is 1. The monoisotopic (exact) mass is 373 g/mol. The van der Waals surface area contributed by atoms with Gasteiger partial charge in [0.25, 0.3) is 15.9 Å². The topological polar surface area (TPSA) is 78.5 Å². The van der Waals surface area contributed by atoms with Crippen molar-refractivity contribution >= 4 is 21.6 Å². The highest BCUT2D eigenvalue weighted by atomic mass is 32.2. The van der Waals surface area contributed by atoms with E-state index < -0.39 is 10.0 Å². The number of nitrogens with one attached hydrogen (secondary N) is 2. The van der Waals surface area contributed by atoms with Gasteiger partial charge < -0.3 is 10.2 Å². The van der Waals surface area contributed by atoms with Crippen LogP contribution in [0.5, 0.6) is 0 Å². The van der Waals surface area contributed by atoms with E-state index in [1.54, 1.807) is 42.2 Å². The highest BCUT2D eigenvalue weighted by Crippen LogP contribution is 2.22. The standard InChI is InChI=1S/C19H23N3O3S/c1-14-4-3-5-17(12-14)21-26(24,25)18-13-16(7-6-15(18)2)19(23)22-10-8-20-9-11-22/h3-7,12-13,20-21H,8-11H2,1-2H3. The summed E-state index contributed by atoms with van der Waals surface area (Å²) in [7, 11) is -3.78. The zero-order valence-electron chi connectivity index (χ0n) is 15.0. The third-order valence-electron chi connectivity index (χ3n) is 4.40. The maximum absolute atomic E-state index is 12.8. The van der Waals surface area contributed by atoms with Gasteiger partial charge in [-0.3, -0.25) is 9.52 Å². The Morgan fingerprint density at radius 1 is 1.08 bits per heavy atom. The second-order valence-corrected chi connectivity index (χ2v) is 8.15. The van der Waals surface area contributed by atoms with Crippen molar-refractivity contribution in [2.75, 3.05) is 30.9 Å². The van der Waals surface area contributed by atoms with Crippen LogP contribution >= 0.6 is 0 Å². The molecule has 1 saturated heterocycles. The molecule has 7 heteroatoms. The van der Waals surface area contributed by atoms with Crippen LogP contribution in [-0.4, -0.2) is 45.4 Å². The maximum atomic E-state index is 12.8. The van der Waals surface area contributed by atoms with E-state index in [4.69, 9.17) is 0 Å². The van der Waals surface area contributed by atoms with Crippen molar-refractivity contribution in [2.45, 2.75) is 18.7 Å². The van der Waals surface area contributed by atoms with Crippen molar-refractivity contribution in [3.63, 3.8) is 0 Å². The Labute approximate surface area is 154 Å². The van der Waals surface area contributed by atoms with Gasteiger partial charge in [-0.15, -0.1) is 0 Å². The molecule has 2 aromatic rings. The van der Waals surface area contributed by atoms with Crippen LogP contribution in [0.4, 0.5) is 5.69 Å². The summed E-state index contributed by atoms with van der Waals surface area (Å²) in [6.45, 7) is 6.36. The molecular formula is C19H23N3O3S. The lowest BCUT2D eigenvalue weighted by Gasteiger charge is -2.27. The van der Waals surface area contributed by atoms with Crippen molar-refractivity contribution < 1.29 is 13.2 Å². The van der Waals surface area contributed by atoms with E-state index in [0.717, 1.165) is 18.7 Å². The quantitative estimate of drug-likeness (QED) is 0.861. The minimum absolute atomic E-state index is 0.125. The first kappa shape index (κ1) is 18.4.